The van der Waals surface area contributed by atoms with Crippen molar-refractivity contribution in [3.63, 3.8) is 0 Å². The van der Waals surface area contributed by atoms with Crippen molar-refractivity contribution in [3.05, 3.63) is 89.6 Å². The molecule has 0 bridgehead atoms. The molecule has 1 N–H and O–H groups in total. The lowest BCUT2D eigenvalue weighted by molar-refractivity contribution is 0.0997. The third-order valence-electron chi connectivity index (χ3n) is 3.97. The Morgan fingerprint density at radius 1 is 0.840 bits per heavy atom. The average molecular weight is 348 g/mol. The monoisotopic (exact) mass is 347 g/mol. The first kappa shape index (κ1) is 15.5. The highest BCUT2D eigenvalue weighted by atomic mass is 35.5. The van der Waals surface area contributed by atoms with Crippen LogP contribution in [0.1, 0.15) is 10.6 Å². The van der Waals surface area contributed by atoms with Crippen LogP contribution >= 0.6 is 11.6 Å². The SMILES string of the molecule is O=C(Nc1ccc2ccccc2c1)c1ccc(-c2ccc(Cl)cc2)o1. The van der Waals surface area contributed by atoms with E-state index in [4.69, 9.17) is 16.0 Å². The van der Waals surface area contributed by atoms with E-state index in [0.717, 1.165) is 22.0 Å². The van der Waals surface area contributed by atoms with E-state index in [1.807, 2.05) is 54.6 Å². The second-order valence-electron chi connectivity index (χ2n) is 5.69. The zero-order valence-corrected chi connectivity index (χ0v) is 14.0. The normalized spacial score (nSPS) is 10.8. The van der Waals surface area contributed by atoms with E-state index in [2.05, 4.69) is 5.32 Å². The molecule has 0 unspecified atom stereocenters. The van der Waals surface area contributed by atoms with Crippen molar-refractivity contribution < 1.29 is 9.21 Å². The first-order valence-corrected chi connectivity index (χ1v) is 8.23. The number of anilines is 1. The summed E-state index contributed by atoms with van der Waals surface area (Å²) >= 11 is 5.89. The summed E-state index contributed by atoms with van der Waals surface area (Å²) in [5.41, 5.74) is 1.60. The molecule has 4 rings (SSSR count). The number of carbonyl (C=O) groups excluding carboxylic acids is 1. The molecule has 0 aliphatic rings. The van der Waals surface area contributed by atoms with Crippen LogP contribution < -0.4 is 5.32 Å². The highest BCUT2D eigenvalue weighted by Crippen LogP contribution is 2.25. The minimum Gasteiger partial charge on any atom is -0.451 e. The summed E-state index contributed by atoms with van der Waals surface area (Å²) in [6.45, 7) is 0. The van der Waals surface area contributed by atoms with Crippen LogP contribution in [0.4, 0.5) is 5.69 Å². The van der Waals surface area contributed by atoms with Gasteiger partial charge in [-0.25, -0.2) is 0 Å². The molecule has 0 saturated carbocycles. The van der Waals surface area contributed by atoms with Gasteiger partial charge in [-0.1, -0.05) is 41.9 Å². The minimum absolute atomic E-state index is 0.262. The molecule has 3 aromatic carbocycles. The molecule has 25 heavy (non-hydrogen) atoms. The zero-order valence-electron chi connectivity index (χ0n) is 13.2. The number of carbonyl (C=O) groups is 1. The third-order valence-corrected chi connectivity index (χ3v) is 4.22. The maximum Gasteiger partial charge on any atom is 0.291 e. The lowest BCUT2D eigenvalue weighted by atomic mass is 10.1. The Labute approximate surface area is 149 Å². The van der Waals surface area contributed by atoms with E-state index < -0.39 is 0 Å². The number of hydrogen-bond donors (Lipinski definition) is 1. The first-order chi connectivity index (χ1) is 12.2. The minimum atomic E-state index is -0.282. The van der Waals surface area contributed by atoms with E-state index >= 15 is 0 Å². The van der Waals surface area contributed by atoms with Crippen molar-refractivity contribution in [3.8, 4) is 11.3 Å². The van der Waals surface area contributed by atoms with Gasteiger partial charge in [-0.15, -0.1) is 0 Å². The molecular weight excluding hydrogens is 334 g/mol. The summed E-state index contributed by atoms with van der Waals surface area (Å²) in [4.78, 5) is 12.4. The van der Waals surface area contributed by atoms with Crippen LogP contribution in [0.3, 0.4) is 0 Å². The summed E-state index contributed by atoms with van der Waals surface area (Å²) in [7, 11) is 0. The Morgan fingerprint density at radius 3 is 2.40 bits per heavy atom. The number of nitrogens with one attached hydrogen (secondary N) is 1. The molecule has 0 saturated heterocycles. The first-order valence-electron chi connectivity index (χ1n) is 7.85. The van der Waals surface area contributed by atoms with Gasteiger partial charge in [0, 0.05) is 16.3 Å². The standard InChI is InChI=1S/C21H14ClNO2/c22-17-8-5-15(6-9-17)19-11-12-20(25-19)21(24)23-18-10-7-14-3-1-2-4-16(14)13-18/h1-13H,(H,23,24). The van der Waals surface area contributed by atoms with Crippen LogP contribution in [0.5, 0.6) is 0 Å². The smallest absolute Gasteiger partial charge is 0.291 e. The average Bonchev–Trinajstić information content (AvgIpc) is 3.12. The number of fused-ring (bicyclic) bond motifs is 1. The molecule has 4 heteroatoms. The van der Waals surface area contributed by atoms with Gasteiger partial charge in [0.05, 0.1) is 0 Å². The van der Waals surface area contributed by atoms with Gasteiger partial charge in [0.15, 0.2) is 5.76 Å². The number of rotatable bonds is 3. The Bertz CT molecular complexity index is 1050. The summed E-state index contributed by atoms with van der Waals surface area (Å²) in [6.07, 6.45) is 0. The van der Waals surface area contributed by atoms with Gasteiger partial charge in [0.1, 0.15) is 5.76 Å². The van der Waals surface area contributed by atoms with Gasteiger partial charge in [0.25, 0.3) is 5.91 Å². The number of hydrogen-bond acceptors (Lipinski definition) is 2. The Kier molecular flexibility index (Phi) is 4.00. The van der Waals surface area contributed by atoms with Crippen LogP contribution in [0.15, 0.2) is 83.3 Å². The van der Waals surface area contributed by atoms with Crippen molar-refractivity contribution in [1.29, 1.82) is 0 Å². The van der Waals surface area contributed by atoms with Gasteiger partial charge in [-0.3, -0.25) is 4.79 Å². The van der Waals surface area contributed by atoms with E-state index in [-0.39, 0.29) is 11.7 Å². The molecule has 0 atom stereocenters. The van der Waals surface area contributed by atoms with Crippen LogP contribution in [0.25, 0.3) is 22.1 Å². The van der Waals surface area contributed by atoms with Gasteiger partial charge in [-0.05, 0) is 59.3 Å². The molecule has 1 aromatic heterocycles. The lowest BCUT2D eigenvalue weighted by Crippen LogP contribution is -2.10. The highest BCUT2D eigenvalue weighted by Gasteiger charge is 2.12. The summed E-state index contributed by atoms with van der Waals surface area (Å²) < 4.78 is 5.68. The second-order valence-corrected chi connectivity index (χ2v) is 6.12. The summed E-state index contributed by atoms with van der Waals surface area (Å²) in [5, 5.41) is 5.73. The molecule has 0 fully saturated rings. The van der Waals surface area contributed by atoms with Gasteiger partial charge >= 0.3 is 0 Å². The van der Waals surface area contributed by atoms with Crippen molar-refractivity contribution in [2.24, 2.45) is 0 Å². The quantitative estimate of drug-likeness (QED) is 0.493. The van der Waals surface area contributed by atoms with Crippen LogP contribution in [0.2, 0.25) is 5.02 Å². The van der Waals surface area contributed by atoms with Gasteiger partial charge in [-0.2, -0.15) is 0 Å². The van der Waals surface area contributed by atoms with Crippen LogP contribution in [-0.4, -0.2) is 5.91 Å². The van der Waals surface area contributed by atoms with E-state index in [9.17, 15) is 4.79 Å². The molecular formula is C21H14ClNO2. The molecule has 0 spiro atoms. The molecule has 0 aliphatic heterocycles. The number of benzene rings is 3. The lowest BCUT2D eigenvalue weighted by Gasteiger charge is -2.05. The molecule has 1 amide bonds. The van der Waals surface area contributed by atoms with Gasteiger partial charge in [0.2, 0.25) is 0 Å². The molecule has 4 aromatic rings. The maximum absolute atomic E-state index is 12.4. The highest BCUT2D eigenvalue weighted by molar-refractivity contribution is 6.30. The molecule has 0 radical (unpaired) electrons. The van der Waals surface area contributed by atoms with Crippen molar-refractivity contribution in [2.75, 3.05) is 5.32 Å². The summed E-state index contributed by atoms with van der Waals surface area (Å²) in [5.74, 6) is 0.605. The van der Waals surface area contributed by atoms with Crippen LogP contribution in [0, 0.1) is 0 Å². The second kappa shape index (κ2) is 6.46. The molecule has 0 aliphatic carbocycles. The topological polar surface area (TPSA) is 42.2 Å². The number of furan rings is 1. The molecule has 3 nitrogen and oxygen atoms in total. The van der Waals surface area contributed by atoms with E-state index in [1.165, 1.54) is 0 Å². The number of halogens is 1. The van der Waals surface area contributed by atoms with E-state index in [0.29, 0.717) is 10.8 Å². The largest absolute Gasteiger partial charge is 0.451 e. The molecule has 1 heterocycles. The van der Waals surface area contributed by atoms with Crippen molar-refractivity contribution >= 4 is 34.0 Å². The Hall–Kier alpha value is -3.04. The Morgan fingerprint density at radius 2 is 1.60 bits per heavy atom. The summed E-state index contributed by atoms with van der Waals surface area (Å²) in [6, 6.07) is 24.5. The van der Waals surface area contributed by atoms with Crippen molar-refractivity contribution in [2.45, 2.75) is 0 Å². The predicted octanol–water partition coefficient (Wildman–Crippen LogP) is 6.01. The maximum atomic E-state index is 12.4. The fourth-order valence-electron chi connectivity index (χ4n) is 2.69. The van der Waals surface area contributed by atoms with Crippen LogP contribution in [-0.2, 0) is 0 Å². The fraction of sp³-hybridized carbons (Fsp3) is 0. The van der Waals surface area contributed by atoms with Gasteiger partial charge < -0.3 is 9.73 Å². The predicted molar refractivity (Wildman–Crippen MR) is 101 cm³/mol. The Balaban J connectivity index is 1.55. The molecule has 122 valence electrons. The van der Waals surface area contributed by atoms with Crippen molar-refractivity contribution in [1.82, 2.24) is 0 Å². The number of amides is 1. The zero-order chi connectivity index (χ0) is 17.2. The van der Waals surface area contributed by atoms with E-state index in [1.54, 1.807) is 24.3 Å². The fourth-order valence-corrected chi connectivity index (χ4v) is 2.81. The third kappa shape index (κ3) is 3.28.